The maximum Gasteiger partial charge on any atom is 0.305 e. The van der Waals surface area contributed by atoms with Crippen LogP contribution in [0.2, 0.25) is 0 Å². The van der Waals surface area contributed by atoms with Crippen molar-refractivity contribution in [1.29, 1.82) is 0 Å². The summed E-state index contributed by atoms with van der Waals surface area (Å²) < 4.78 is 0. The topological polar surface area (TPSA) is 66.4 Å². The van der Waals surface area contributed by atoms with Crippen LogP contribution in [-0.4, -0.2) is 22.5 Å². The Labute approximate surface area is 108 Å². The van der Waals surface area contributed by atoms with Crippen molar-refractivity contribution >= 4 is 11.9 Å². The summed E-state index contributed by atoms with van der Waals surface area (Å²) in [7, 11) is 0. The molecule has 1 unspecified atom stereocenters. The van der Waals surface area contributed by atoms with E-state index in [-0.39, 0.29) is 18.2 Å². The molecule has 4 nitrogen and oxygen atoms in total. The first-order valence-corrected chi connectivity index (χ1v) is 7.06. The van der Waals surface area contributed by atoms with Gasteiger partial charge in [0.15, 0.2) is 0 Å². The lowest BCUT2D eigenvalue weighted by Gasteiger charge is -2.37. The highest BCUT2D eigenvalue weighted by Gasteiger charge is 2.39. The highest BCUT2D eigenvalue weighted by Crippen LogP contribution is 2.38. The Bertz CT molecular complexity index is 330. The SMILES string of the molecule is CC(C(=O)NC1(CC(=O)O)CCCCC1)C1CC1. The summed E-state index contributed by atoms with van der Waals surface area (Å²) >= 11 is 0. The Balaban J connectivity index is 1.99. The Morgan fingerprint density at radius 2 is 1.89 bits per heavy atom. The van der Waals surface area contributed by atoms with Crippen LogP contribution in [0, 0.1) is 11.8 Å². The zero-order valence-electron chi connectivity index (χ0n) is 11.1. The van der Waals surface area contributed by atoms with E-state index in [0.29, 0.717) is 5.92 Å². The van der Waals surface area contributed by atoms with Crippen molar-refractivity contribution < 1.29 is 14.7 Å². The van der Waals surface area contributed by atoms with Crippen molar-refractivity contribution in [2.45, 2.75) is 63.8 Å². The van der Waals surface area contributed by atoms with Crippen LogP contribution >= 0.6 is 0 Å². The van der Waals surface area contributed by atoms with Gasteiger partial charge in [0.2, 0.25) is 5.91 Å². The van der Waals surface area contributed by atoms with Crippen LogP contribution in [0.15, 0.2) is 0 Å². The summed E-state index contributed by atoms with van der Waals surface area (Å²) in [6, 6.07) is 0. The van der Waals surface area contributed by atoms with E-state index >= 15 is 0 Å². The second kappa shape index (κ2) is 5.29. The lowest BCUT2D eigenvalue weighted by atomic mass is 9.79. The Hall–Kier alpha value is -1.06. The van der Waals surface area contributed by atoms with E-state index in [4.69, 9.17) is 5.11 Å². The van der Waals surface area contributed by atoms with Crippen LogP contribution in [0.25, 0.3) is 0 Å². The summed E-state index contributed by atoms with van der Waals surface area (Å²) in [5.41, 5.74) is -0.482. The highest BCUT2D eigenvalue weighted by atomic mass is 16.4. The number of carbonyl (C=O) groups is 2. The minimum absolute atomic E-state index is 0.0394. The van der Waals surface area contributed by atoms with Gasteiger partial charge in [0.05, 0.1) is 12.0 Å². The first kappa shape index (κ1) is 13.4. The Kier molecular flexibility index (Phi) is 3.93. The van der Waals surface area contributed by atoms with E-state index < -0.39 is 11.5 Å². The minimum atomic E-state index is -0.809. The number of amides is 1. The third-order valence-electron chi connectivity index (χ3n) is 4.43. The number of hydrogen-bond donors (Lipinski definition) is 2. The number of carboxylic acid groups (broad SMARTS) is 1. The van der Waals surface area contributed by atoms with E-state index in [1.165, 1.54) is 0 Å². The van der Waals surface area contributed by atoms with E-state index in [1.807, 2.05) is 6.92 Å². The molecule has 2 aliphatic rings. The third kappa shape index (κ3) is 3.24. The molecule has 102 valence electrons. The monoisotopic (exact) mass is 253 g/mol. The molecule has 0 heterocycles. The highest BCUT2D eigenvalue weighted by molar-refractivity contribution is 5.80. The van der Waals surface area contributed by atoms with Gasteiger partial charge in [-0.15, -0.1) is 0 Å². The summed E-state index contributed by atoms with van der Waals surface area (Å²) in [6.45, 7) is 1.96. The molecule has 2 N–H and O–H groups in total. The van der Waals surface area contributed by atoms with Gasteiger partial charge in [-0.25, -0.2) is 0 Å². The van der Waals surface area contributed by atoms with Gasteiger partial charge in [0.25, 0.3) is 0 Å². The molecule has 2 aliphatic carbocycles. The molecule has 0 bridgehead atoms. The van der Waals surface area contributed by atoms with Crippen LogP contribution < -0.4 is 5.32 Å². The Morgan fingerprint density at radius 3 is 2.39 bits per heavy atom. The van der Waals surface area contributed by atoms with Crippen LogP contribution in [0.1, 0.15) is 58.3 Å². The molecule has 0 saturated heterocycles. The van der Waals surface area contributed by atoms with Crippen molar-refractivity contribution in [3.63, 3.8) is 0 Å². The average Bonchev–Trinajstić information content (AvgIpc) is 3.11. The maximum atomic E-state index is 12.2. The van der Waals surface area contributed by atoms with Gasteiger partial charge < -0.3 is 10.4 Å². The molecule has 2 fully saturated rings. The lowest BCUT2D eigenvalue weighted by molar-refractivity contribution is -0.140. The molecule has 0 aromatic heterocycles. The van der Waals surface area contributed by atoms with Gasteiger partial charge >= 0.3 is 5.97 Å². The molecular weight excluding hydrogens is 230 g/mol. The standard InChI is InChI=1S/C14H23NO3/c1-10(11-5-6-11)13(18)15-14(9-12(16)17)7-3-2-4-8-14/h10-11H,2-9H2,1H3,(H,15,18)(H,16,17). The third-order valence-corrected chi connectivity index (χ3v) is 4.43. The van der Waals surface area contributed by atoms with E-state index in [1.54, 1.807) is 0 Å². The van der Waals surface area contributed by atoms with Crippen LogP contribution in [0.3, 0.4) is 0 Å². The van der Waals surface area contributed by atoms with Gasteiger partial charge in [0.1, 0.15) is 0 Å². The maximum absolute atomic E-state index is 12.2. The molecule has 0 aromatic carbocycles. The predicted octanol–water partition coefficient (Wildman–Crippen LogP) is 2.33. The molecule has 4 heteroatoms. The largest absolute Gasteiger partial charge is 0.481 e. The molecule has 2 saturated carbocycles. The zero-order chi connectivity index (χ0) is 13.2. The van der Waals surface area contributed by atoms with Crippen molar-refractivity contribution in [2.24, 2.45) is 11.8 Å². The number of rotatable bonds is 5. The van der Waals surface area contributed by atoms with E-state index in [0.717, 1.165) is 44.9 Å². The summed E-state index contributed by atoms with van der Waals surface area (Å²) in [5, 5.41) is 12.1. The predicted molar refractivity (Wildman–Crippen MR) is 68.1 cm³/mol. The minimum Gasteiger partial charge on any atom is -0.481 e. The van der Waals surface area contributed by atoms with Crippen molar-refractivity contribution in [3.05, 3.63) is 0 Å². The number of nitrogens with one attached hydrogen (secondary N) is 1. The van der Waals surface area contributed by atoms with Crippen molar-refractivity contribution in [1.82, 2.24) is 5.32 Å². The fourth-order valence-electron chi connectivity index (χ4n) is 3.05. The van der Waals surface area contributed by atoms with Gasteiger partial charge in [0, 0.05) is 5.92 Å². The zero-order valence-corrected chi connectivity index (χ0v) is 11.1. The second-order valence-electron chi connectivity index (χ2n) is 6.03. The number of carboxylic acids is 1. The van der Waals surface area contributed by atoms with Crippen molar-refractivity contribution in [2.75, 3.05) is 0 Å². The lowest BCUT2D eigenvalue weighted by Crippen LogP contribution is -2.52. The molecule has 1 amide bonds. The molecule has 0 radical (unpaired) electrons. The quantitative estimate of drug-likeness (QED) is 0.790. The van der Waals surface area contributed by atoms with Crippen molar-refractivity contribution in [3.8, 4) is 0 Å². The molecule has 2 rings (SSSR count). The fraction of sp³-hybridized carbons (Fsp3) is 0.857. The average molecular weight is 253 g/mol. The smallest absolute Gasteiger partial charge is 0.305 e. The normalized spacial score (nSPS) is 24.3. The molecule has 18 heavy (non-hydrogen) atoms. The van der Waals surface area contributed by atoms with E-state index in [2.05, 4.69) is 5.32 Å². The molecule has 0 spiro atoms. The van der Waals surface area contributed by atoms with Gasteiger partial charge in [-0.2, -0.15) is 0 Å². The summed E-state index contributed by atoms with van der Waals surface area (Å²) in [5.74, 6) is -0.190. The van der Waals surface area contributed by atoms with Crippen LogP contribution in [0.5, 0.6) is 0 Å². The number of aliphatic carboxylic acids is 1. The van der Waals surface area contributed by atoms with Gasteiger partial charge in [-0.3, -0.25) is 9.59 Å². The first-order chi connectivity index (χ1) is 8.52. The number of hydrogen-bond acceptors (Lipinski definition) is 2. The molecule has 1 atom stereocenters. The molecule has 0 aliphatic heterocycles. The second-order valence-corrected chi connectivity index (χ2v) is 6.03. The fourth-order valence-corrected chi connectivity index (χ4v) is 3.05. The van der Waals surface area contributed by atoms with Crippen LogP contribution in [-0.2, 0) is 9.59 Å². The van der Waals surface area contributed by atoms with Crippen LogP contribution in [0.4, 0.5) is 0 Å². The van der Waals surface area contributed by atoms with Gasteiger partial charge in [-0.05, 0) is 31.6 Å². The number of carbonyl (C=O) groups excluding carboxylic acids is 1. The van der Waals surface area contributed by atoms with Gasteiger partial charge in [-0.1, -0.05) is 26.2 Å². The summed E-state index contributed by atoms with van der Waals surface area (Å²) in [6.07, 6.45) is 7.15. The summed E-state index contributed by atoms with van der Waals surface area (Å²) in [4.78, 5) is 23.2. The van der Waals surface area contributed by atoms with E-state index in [9.17, 15) is 9.59 Å². The molecule has 0 aromatic rings. The first-order valence-electron chi connectivity index (χ1n) is 7.06. The molecular formula is C14H23NO3. The Morgan fingerprint density at radius 1 is 1.28 bits per heavy atom.